The molecule has 36 heavy (non-hydrogen) atoms. The van der Waals surface area contributed by atoms with Gasteiger partial charge in [0, 0.05) is 0 Å². The van der Waals surface area contributed by atoms with Crippen molar-refractivity contribution in [2.75, 3.05) is 18.6 Å². The lowest BCUT2D eigenvalue weighted by Gasteiger charge is -2.15. The average Bonchev–Trinajstić information content (AvgIpc) is 3.16. The van der Waals surface area contributed by atoms with Crippen molar-refractivity contribution >= 4 is 51.9 Å². The summed E-state index contributed by atoms with van der Waals surface area (Å²) in [6.45, 7) is 4.52. The maximum absolute atomic E-state index is 13.2. The maximum Gasteiger partial charge on any atom is 0.338 e. The Bertz CT molecular complexity index is 1330. The SMILES string of the molecule is CCOC(=O)c1ccc(N2C(=O)/C(=C/c3ccc(OCc4ccccc4C)c(OC)c3)SC2=S)cc1. The van der Waals surface area contributed by atoms with Gasteiger partial charge in [0.1, 0.15) is 6.61 Å². The number of thiocarbonyl (C=S) groups is 1. The van der Waals surface area contributed by atoms with Crippen LogP contribution in [0.3, 0.4) is 0 Å². The highest BCUT2D eigenvalue weighted by Gasteiger charge is 2.33. The first-order valence-electron chi connectivity index (χ1n) is 11.3. The zero-order valence-corrected chi connectivity index (χ0v) is 21.8. The van der Waals surface area contributed by atoms with Gasteiger partial charge in [-0.1, -0.05) is 54.3 Å². The Balaban J connectivity index is 1.50. The molecule has 6 nitrogen and oxygen atoms in total. The second-order valence-corrected chi connectivity index (χ2v) is 9.59. The molecule has 1 aliphatic rings. The Hall–Kier alpha value is -3.62. The predicted molar refractivity (Wildman–Crippen MR) is 147 cm³/mol. The number of aryl methyl sites for hydroxylation is 1. The van der Waals surface area contributed by atoms with Gasteiger partial charge in [-0.05, 0) is 73.0 Å². The van der Waals surface area contributed by atoms with Gasteiger partial charge >= 0.3 is 5.97 Å². The molecule has 1 aliphatic heterocycles. The highest BCUT2D eigenvalue weighted by atomic mass is 32.2. The third-order valence-corrected chi connectivity index (χ3v) is 6.86. The number of carbonyl (C=O) groups is 2. The number of hydrogen-bond donors (Lipinski definition) is 0. The molecule has 3 aromatic rings. The Kier molecular flexibility index (Phi) is 8.07. The van der Waals surface area contributed by atoms with E-state index >= 15 is 0 Å². The summed E-state index contributed by atoms with van der Waals surface area (Å²) in [6.07, 6.45) is 1.78. The Morgan fingerprint density at radius 2 is 1.81 bits per heavy atom. The van der Waals surface area contributed by atoms with E-state index in [1.807, 2.05) is 49.4 Å². The number of benzene rings is 3. The minimum Gasteiger partial charge on any atom is -0.493 e. The molecule has 0 bridgehead atoms. The Morgan fingerprint density at radius 1 is 1.06 bits per heavy atom. The van der Waals surface area contributed by atoms with E-state index in [0.717, 1.165) is 16.7 Å². The summed E-state index contributed by atoms with van der Waals surface area (Å²) in [5.74, 6) is 0.553. The molecule has 184 valence electrons. The van der Waals surface area contributed by atoms with E-state index in [1.54, 1.807) is 44.4 Å². The molecule has 4 rings (SSSR count). The lowest BCUT2D eigenvalue weighted by atomic mass is 10.1. The van der Waals surface area contributed by atoms with Crippen LogP contribution in [0.4, 0.5) is 5.69 Å². The van der Waals surface area contributed by atoms with E-state index < -0.39 is 5.97 Å². The van der Waals surface area contributed by atoms with Gasteiger partial charge < -0.3 is 14.2 Å². The minimum atomic E-state index is -0.408. The molecule has 0 radical (unpaired) electrons. The van der Waals surface area contributed by atoms with Crippen LogP contribution in [-0.2, 0) is 16.1 Å². The van der Waals surface area contributed by atoms with Crippen molar-refractivity contribution in [3.05, 3.63) is 93.9 Å². The number of methoxy groups -OCH3 is 1. The van der Waals surface area contributed by atoms with Gasteiger partial charge in [-0.25, -0.2) is 4.79 Å². The van der Waals surface area contributed by atoms with Gasteiger partial charge in [-0.3, -0.25) is 9.69 Å². The number of thioether (sulfide) groups is 1. The number of anilines is 1. The predicted octanol–water partition coefficient (Wildman–Crippen LogP) is 6.17. The van der Waals surface area contributed by atoms with Gasteiger partial charge in [-0.2, -0.15) is 0 Å². The molecule has 0 aromatic heterocycles. The first kappa shape index (κ1) is 25.5. The van der Waals surface area contributed by atoms with Crippen LogP contribution in [0.15, 0.2) is 71.6 Å². The fourth-order valence-corrected chi connectivity index (χ4v) is 4.92. The quantitative estimate of drug-likeness (QED) is 0.200. The third kappa shape index (κ3) is 5.61. The Morgan fingerprint density at radius 3 is 2.50 bits per heavy atom. The number of amides is 1. The molecule has 8 heteroatoms. The summed E-state index contributed by atoms with van der Waals surface area (Å²) in [6, 6.07) is 20.2. The molecule has 0 unspecified atom stereocenters. The molecule has 0 aliphatic carbocycles. The molecular weight excluding hydrogens is 494 g/mol. The van der Waals surface area contributed by atoms with Crippen LogP contribution in [0.2, 0.25) is 0 Å². The number of ether oxygens (including phenoxy) is 3. The standard InChI is InChI=1S/C28H25NO5S2/c1-4-33-27(31)20-10-12-22(13-11-20)29-26(30)25(36-28(29)35)16-19-9-14-23(24(15-19)32-3)34-17-21-8-6-5-7-18(21)2/h5-16H,4,17H2,1-3H3/b25-16-. The van der Waals surface area contributed by atoms with E-state index in [0.29, 0.717) is 45.2 Å². The minimum absolute atomic E-state index is 0.229. The molecule has 1 amide bonds. The number of nitrogens with zero attached hydrogens (tertiary/aromatic N) is 1. The molecule has 1 fully saturated rings. The van der Waals surface area contributed by atoms with Crippen LogP contribution >= 0.6 is 24.0 Å². The van der Waals surface area contributed by atoms with E-state index in [2.05, 4.69) is 0 Å². The summed E-state index contributed by atoms with van der Waals surface area (Å²) < 4.78 is 17.0. The van der Waals surface area contributed by atoms with Crippen molar-refractivity contribution in [1.82, 2.24) is 0 Å². The number of hydrogen-bond acceptors (Lipinski definition) is 7. The van der Waals surface area contributed by atoms with Gasteiger partial charge in [-0.15, -0.1) is 0 Å². The fraction of sp³-hybridized carbons (Fsp3) is 0.179. The summed E-state index contributed by atoms with van der Waals surface area (Å²) >= 11 is 6.69. The van der Waals surface area contributed by atoms with Crippen LogP contribution in [0.1, 0.15) is 34.0 Å². The molecule has 1 saturated heterocycles. The molecule has 0 spiro atoms. The van der Waals surface area contributed by atoms with E-state index in [-0.39, 0.29) is 5.91 Å². The van der Waals surface area contributed by atoms with Crippen molar-refractivity contribution in [2.45, 2.75) is 20.5 Å². The van der Waals surface area contributed by atoms with Gasteiger partial charge in [0.05, 0.1) is 29.9 Å². The van der Waals surface area contributed by atoms with Crippen molar-refractivity contribution < 1.29 is 23.8 Å². The monoisotopic (exact) mass is 519 g/mol. The van der Waals surface area contributed by atoms with Crippen molar-refractivity contribution in [2.24, 2.45) is 0 Å². The summed E-state index contributed by atoms with van der Waals surface area (Å²) in [7, 11) is 1.58. The van der Waals surface area contributed by atoms with Gasteiger partial charge in [0.15, 0.2) is 15.8 Å². The Labute approximate surface area is 219 Å². The molecule has 3 aromatic carbocycles. The summed E-state index contributed by atoms with van der Waals surface area (Å²) in [5, 5.41) is 0. The largest absolute Gasteiger partial charge is 0.493 e. The second kappa shape index (κ2) is 11.4. The number of rotatable bonds is 8. The first-order chi connectivity index (χ1) is 17.4. The molecular formula is C28H25NO5S2. The normalized spacial score (nSPS) is 14.3. The van der Waals surface area contributed by atoms with Crippen LogP contribution < -0.4 is 14.4 Å². The van der Waals surface area contributed by atoms with Crippen LogP contribution in [0.25, 0.3) is 6.08 Å². The number of esters is 1. The van der Waals surface area contributed by atoms with Crippen LogP contribution in [0.5, 0.6) is 11.5 Å². The lowest BCUT2D eigenvalue weighted by Crippen LogP contribution is -2.27. The van der Waals surface area contributed by atoms with Crippen molar-refractivity contribution in [3.63, 3.8) is 0 Å². The van der Waals surface area contributed by atoms with E-state index in [9.17, 15) is 9.59 Å². The molecule has 0 atom stereocenters. The zero-order valence-electron chi connectivity index (χ0n) is 20.1. The van der Waals surface area contributed by atoms with Crippen molar-refractivity contribution in [1.29, 1.82) is 0 Å². The third-order valence-electron chi connectivity index (χ3n) is 5.56. The van der Waals surface area contributed by atoms with Crippen LogP contribution in [0, 0.1) is 6.92 Å². The lowest BCUT2D eigenvalue weighted by molar-refractivity contribution is -0.113. The van der Waals surface area contributed by atoms with Crippen molar-refractivity contribution in [3.8, 4) is 11.5 Å². The number of carbonyl (C=O) groups excluding carboxylic acids is 2. The van der Waals surface area contributed by atoms with Gasteiger partial charge in [0.25, 0.3) is 5.91 Å². The first-order valence-corrected chi connectivity index (χ1v) is 12.5. The van der Waals surface area contributed by atoms with E-state index in [1.165, 1.54) is 16.7 Å². The zero-order chi connectivity index (χ0) is 25.7. The average molecular weight is 520 g/mol. The summed E-state index contributed by atoms with van der Waals surface area (Å²) in [4.78, 5) is 27.0. The van der Waals surface area contributed by atoms with Gasteiger partial charge in [0.2, 0.25) is 0 Å². The molecule has 0 saturated carbocycles. The topological polar surface area (TPSA) is 65.1 Å². The highest BCUT2D eigenvalue weighted by Crippen LogP contribution is 2.37. The summed E-state index contributed by atoms with van der Waals surface area (Å²) in [5.41, 5.74) is 4.05. The maximum atomic E-state index is 13.2. The highest BCUT2D eigenvalue weighted by molar-refractivity contribution is 8.27. The van der Waals surface area contributed by atoms with Crippen LogP contribution in [-0.4, -0.2) is 29.9 Å². The molecule has 0 N–H and O–H groups in total. The molecule has 1 heterocycles. The fourth-order valence-electron chi connectivity index (χ4n) is 3.62. The van der Waals surface area contributed by atoms with E-state index in [4.69, 9.17) is 26.4 Å². The second-order valence-electron chi connectivity index (χ2n) is 7.91. The smallest absolute Gasteiger partial charge is 0.338 e.